The van der Waals surface area contributed by atoms with Gasteiger partial charge in [0.25, 0.3) is 0 Å². The van der Waals surface area contributed by atoms with Crippen LogP contribution in [0.25, 0.3) is 0 Å². The molecule has 1 unspecified atom stereocenters. The van der Waals surface area contributed by atoms with Crippen LogP contribution in [0.1, 0.15) is 30.9 Å². The van der Waals surface area contributed by atoms with Crippen LogP contribution < -0.4 is 5.32 Å². The maximum absolute atomic E-state index is 14.2. The first kappa shape index (κ1) is 18.7. The summed E-state index contributed by atoms with van der Waals surface area (Å²) >= 11 is 4.44. The number of halogens is 2. The Morgan fingerprint density at radius 1 is 1.19 bits per heavy atom. The number of nitrogens with one attached hydrogen (secondary N) is 1. The first-order valence-electron chi connectivity index (χ1n) is 7.97. The van der Waals surface area contributed by atoms with E-state index in [1.807, 2.05) is 50.2 Å². The molecule has 3 aromatic rings. The van der Waals surface area contributed by atoms with Crippen LogP contribution in [0.5, 0.6) is 0 Å². The molecule has 0 aliphatic rings. The molecule has 0 aliphatic carbocycles. The SMILES string of the molecule is CC(C)(C(=O)Nc1nncs1)C(c1ccccc1)c1ccc(Br)c(F)c1. The number of anilines is 1. The average molecular weight is 434 g/mol. The largest absolute Gasteiger partial charge is 0.300 e. The van der Waals surface area contributed by atoms with E-state index < -0.39 is 5.41 Å². The van der Waals surface area contributed by atoms with Crippen molar-refractivity contribution in [3.05, 3.63) is 75.5 Å². The lowest BCUT2D eigenvalue weighted by Crippen LogP contribution is -2.37. The molecule has 0 spiro atoms. The third kappa shape index (κ3) is 3.83. The van der Waals surface area contributed by atoms with E-state index in [9.17, 15) is 9.18 Å². The molecule has 4 nitrogen and oxygen atoms in total. The number of carbonyl (C=O) groups excluding carboxylic acids is 1. The maximum Gasteiger partial charge on any atom is 0.232 e. The molecular weight excluding hydrogens is 417 g/mol. The lowest BCUT2D eigenvalue weighted by atomic mass is 9.70. The van der Waals surface area contributed by atoms with Crippen molar-refractivity contribution in [1.29, 1.82) is 0 Å². The van der Waals surface area contributed by atoms with Crippen molar-refractivity contribution < 1.29 is 9.18 Å². The van der Waals surface area contributed by atoms with Crippen molar-refractivity contribution >= 4 is 38.3 Å². The third-order valence-electron chi connectivity index (χ3n) is 4.30. The number of carbonyl (C=O) groups is 1. The molecule has 26 heavy (non-hydrogen) atoms. The van der Waals surface area contributed by atoms with E-state index in [1.54, 1.807) is 11.6 Å². The molecule has 1 atom stereocenters. The smallest absolute Gasteiger partial charge is 0.232 e. The molecule has 0 fully saturated rings. The molecule has 0 saturated carbocycles. The lowest BCUT2D eigenvalue weighted by molar-refractivity contribution is -0.124. The van der Waals surface area contributed by atoms with Crippen LogP contribution in [0.15, 0.2) is 58.5 Å². The Bertz CT molecular complexity index is 900. The minimum absolute atomic E-state index is 0.202. The minimum Gasteiger partial charge on any atom is -0.300 e. The summed E-state index contributed by atoms with van der Waals surface area (Å²) in [5, 5.41) is 10.9. The molecule has 2 aromatic carbocycles. The summed E-state index contributed by atoms with van der Waals surface area (Å²) in [6.07, 6.45) is 0. The molecule has 1 N–H and O–H groups in total. The fourth-order valence-electron chi connectivity index (χ4n) is 2.98. The van der Waals surface area contributed by atoms with Gasteiger partial charge in [0.05, 0.1) is 9.89 Å². The Morgan fingerprint density at radius 3 is 2.54 bits per heavy atom. The van der Waals surface area contributed by atoms with E-state index >= 15 is 0 Å². The summed E-state index contributed by atoms with van der Waals surface area (Å²) in [5.74, 6) is -0.894. The summed E-state index contributed by atoms with van der Waals surface area (Å²) in [6, 6.07) is 14.6. The Morgan fingerprint density at radius 2 is 1.92 bits per heavy atom. The second kappa shape index (κ2) is 7.63. The van der Waals surface area contributed by atoms with E-state index in [0.717, 1.165) is 11.1 Å². The fourth-order valence-corrected chi connectivity index (χ4v) is 3.67. The highest BCUT2D eigenvalue weighted by atomic mass is 79.9. The zero-order valence-corrected chi connectivity index (χ0v) is 16.6. The molecule has 1 amide bonds. The topological polar surface area (TPSA) is 54.9 Å². The Balaban J connectivity index is 2.04. The van der Waals surface area contributed by atoms with E-state index in [-0.39, 0.29) is 17.6 Å². The number of amides is 1. The molecule has 0 radical (unpaired) electrons. The van der Waals surface area contributed by atoms with Gasteiger partial charge in [0.1, 0.15) is 11.3 Å². The molecule has 1 heterocycles. The molecule has 0 saturated heterocycles. The van der Waals surface area contributed by atoms with E-state index in [1.165, 1.54) is 17.4 Å². The van der Waals surface area contributed by atoms with E-state index in [4.69, 9.17) is 0 Å². The van der Waals surface area contributed by atoms with Crippen LogP contribution >= 0.6 is 27.3 Å². The standard InChI is InChI=1S/C19H17BrFN3OS/c1-19(2,17(25)23-18-24-22-11-26-18)16(12-6-4-3-5-7-12)13-8-9-14(20)15(21)10-13/h3-11,16H,1-2H3,(H,23,24,25). The predicted molar refractivity (Wildman–Crippen MR) is 105 cm³/mol. The summed E-state index contributed by atoms with van der Waals surface area (Å²) < 4.78 is 14.6. The van der Waals surface area contributed by atoms with E-state index in [0.29, 0.717) is 9.60 Å². The van der Waals surface area contributed by atoms with Crippen molar-refractivity contribution in [2.75, 3.05) is 5.32 Å². The van der Waals surface area contributed by atoms with Gasteiger partial charge in [-0.3, -0.25) is 4.79 Å². The third-order valence-corrected chi connectivity index (χ3v) is 5.55. The Kier molecular flexibility index (Phi) is 5.48. The Hall–Kier alpha value is -2.12. The molecular formula is C19H17BrFN3OS. The second-order valence-electron chi connectivity index (χ2n) is 6.44. The van der Waals surface area contributed by atoms with Crippen LogP contribution in [0, 0.1) is 11.2 Å². The van der Waals surface area contributed by atoms with Gasteiger partial charge in [0.15, 0.2) is 0 Å². The number of hydrogen-bond acceptors (Lipinski definition) is 4. The van der Waals surface area contributed by atoms with Crippen LogP contribution in [0.2, 0.25) is 0 Å². The van der Waals surface area contributed by atoms with Crippen molar-refractivity contribution in [3.63, 3.8) is 0 Å². The summed E-state index contributed by atoms with van der Waals surface area (Å²) in [7, 11) is 0. The van der Waals surface area contributed by atoms with Crippen LogP contribution in [0.3, 0.4) is 0 Å². The summed E-state index contributed by atoms with van der Waals surface area (Å²) in [5.41, 5.74) is 2.37. The number of nitrogens with zero attached hydrogens (tertiary/aromatic N) is 2. The van der Waals surface area contributed by atoms with Gasteiger partial charge in [-0.2, -0.15) is 0 Å². The van der Waals surface area contributed by atoms with Crippen LogP contribution in [-0.4, -0.2) is 16.1 Å². The summed E-state index contributed by atoms with van der Waals surface area (Å²) in [6.45, 7) is 3.70. The second-order valence-corrected chi connectivity index (χ2v) is 8.12. The number of aromatic nitrogens is 2. The first-order chi connectivity index (χ1) is 12.4. The molecule has 134 valence electrons. The lowest BCUT2D eigenvalue weighted by Gasteiger charge is -2.33. The number of benzene rings is 2. The summed E-state index contributed by atoms with van der Waals surface area (Å²) in [4.78, 5) is 13.0. The highest BCUT2D eigenvalue weighted by Crippen LogP contribution is 2.42. The molecule has 3 rings (SSSR count). The van der Waals surface area contributed by atoms with Gasteiger partial charge < -0.3 is 5.32 Å². The van der Waals surface area contributed by atoms with Gasteiger partial charge in [-0.05, 0) is 39.2 Å². The molecule has 0 aliphatic heterocycles. The zero-order valence-electron chi connectivity index (χ0n) is 14.2. The van der Waals surface area contributed by atoms with Gasteiger partial charge in [-0.1, -0.05) is 61.6 Å². The normalized spacial score (nSPS) is 12.6. The zero-order chi connectivity index (χ0) is 18.7. The van der Waals surface area contributed by atoms with Gasteiger partial charge in [0.2, 0.25) is 11.0 Å². The number of hydrogen-bond donors (Lipinski definition) is 1. The van der Waals surface area contributed by atoms with Crippen LogP contribution in [0.4, 0.5) is 9.52 Å². The van der Waals surface area contributed by atoms with Gasteiger partial charge in [-0.25, -0.2) is 4.39 Å². The van der Waals surface area contributed by atoms with E-state index in [2.05, 4.69) is 31.4 Å². The van der Waals surface area contributed by atoms with Crippen LogP contribution in [-0.2, 0) is 4.79 Å². The van der Waals surface area contributed by atoms with Crippen molar-refractivity contribution in [1.82, 2.24) is 10.2 Å². The molecule has 0 bridgehead atoms. The van der Waals surface area contributed by atoms with Gasteiger partial charge in [0, 0.05) is 5.92 Å². The quantitative estimate of drug-likeness (QED) is 0.598. The number of rotatable bonds is 5. The molecule has 1 aromatic heterocycles. The molecule has 7 heteroatoms. The fraction of sp³-hybridized carbons (Fsp3) is 0.211. The van der Waals surface area contributed by atoms with Crippen molar-refractivity contribution in [3.8, 4) is 0 Å². The van der Waals surface area contributed by atoms with Crippen molar-refractivity contribution in [2.24, 2.45) is 5.41 Å². The van der Waals surface area contributed by atoms with Gasteiger partial charge >= 0.3 is 0 Å². The highest BCUT2D eigenvalue weighted by molar-refractivity contribution is 9.10. The van der Waals surface area contributed by atoms with Gasteiger partial charge in [-0.15, -0.1) is 10.2 Å². The Labute approximate surface area is 163 Å². The van der Waals surface area contributed by atoms with Crippen molar-refractivity contribution in [2.45, 2.75) is 19.8 Å². The maximum atomic E-state index is 14.2. The highest BCUT2D eigenvalue weighted by Gasteiger charge is 2.39. The average Bonchev–Trinajstić information content (AvgIpc) is 3.12. The predicted octanol–water partition coefficient (Wildman–Crippen LogP) is 5.24. The monoisotopic (exact) mass is 433 g/mol. The first-order valence-corrected chi connectivity index (χ1v) is 9.64. The minimum atomic E-state index is -0.854.